The number of methoxy groups -OCH3 is 2. The van der Waals surface area contributed by atoms with Gasteiger partial charge in [-0.1, -0.05) is 23.7 Å². The van der Waals surface area contributed by atoms with Gasteiger partial charge in [0.2, 0.25) is 10.0 Å². The number of rotatable bonds is 10. The molecule has 2 aromatic carbocycles. The molecule has 0 saturated carbocycles. The molecule has 9 nitrogen and oxygen atoms in total. The van der Waals surface area contributed by atoms with Crippen LogP contribution in [-0.2, 0) is 37.3 Å². The summed E-state index contributed by atoms with van der Waals surface area (Å²) >= 11 is 5.83. The molecule has 1 aromatic heterocycles. The molecule has 0 saturated heterocycles. The maximum atomic E-state index is 13.4. The van der Waals surface area contributed by atoms with Crippen LogP contribution < -0.4 is 9.46 Å². The molecule has 1 amide bonds. The van der Waals surface area contributed by atoms with E-state index in [-0.39, 0.29) is 34.3 Å². The van der Waals surface area contributed by atoms with Crippen molar-refractivity contribution >= 4 is 39.6 Å². The predicted molar refractivity (Wildman–Crippen MR) is 145 cm³/mol. The van der Waals surface area contributed by atoms with Crippen LogP contribution in [0.2, 0.25) is 5.02 Å². The Hall–Kier alpha value is -3.86. The molecule has 0 radical (unpaired) electrons. The van der Waals surface area contributed by atoms with Crippen molar-refractivity contribution in [1.29, 1.82) is 0 Å². The number of amides is 1. The molecule has 0 unspecified atom stereocenters. The van der Waals surface area contributed by atoms with E-state index < -0.39 is 16.0 Å². The number of nitrogens with one attached hydrogen (secondary N) is 1. The molecule has 1 aliphatic heterocycles. The number of carbonyl (C=O) groups excluding carboxylic acids is 2. The van der Waals surface area contributed by atoms with Gasteiger partial charge in [-0.15, -0.1) is 0 Å². The largest absolute Gasteiger partial charge is 0.497 e. The van der Waals surface area contributed by atoms with Gasteiger partial charge in [0.15, 0.2) is 0 Å². The predicted octanol–water partition coefficient (Wildman–Crippen LogP) is 4.34. The van der Waals surface area contributed by atoms with E-state index in [0.717, 1.165) is 11.3 Å². The van der Waals surface area contributed by atoms with Gasteiger partial charge in [-0.05, 0) is 73.5 Å². The van der Waals surface area contributed by atoms with E-state index in [4.69, 9.17) is 25.5 Å². The highest BCUT2D eigenvalue weighted by Crippen LogP contribution is 2.32. The monoisotopic (exact) mass is 570 g/mol. The fraction of sp³-hybridized carbons (Fsp3) is 0.214. The van der Waals surface area contributed by atoms with Crippen molar-refractivity contribution in [3.05, 3.63) is 99.6 Å². The van der Waals surface area contributed by atoms with Crippen LogP contribution in [0.1, 0.15) is 24.0 Å². The fourth-order valence-corrected chi connectivity index (χ4v) is 5.22. The summed E-state index contributed by atoms with van der Waals surface area (Å²) in [6.07, 6.45) is 2.02. The fourth-order valence-electron chi connectivity index (χ4n) is 4.10. The zero-order valence-corrected chi connectivity index (χ0v) is 23.1. The van der Waals surface area contributed by atoms with E-state index >= 15 is 0 Å². The molecule has 39 heavy (non-hydrogen) atoms. The van der Waals surface area contributed by atoms with Crippen LogP contribution in [0, 0.1) is 0 Å². The number of furan rings is 1. The zero-order chi connectivity index (χ0) is 28.2. The molecule has 0 atom stereocenters. The lowest BCUT2D eigenvalue weighted by Crippen LogP contribution is -2.27. The van der Waals surface area contributed by atoms with Gasteiger partial charge >= 0.3 is 5.97 Å². The van der Waals surface area contributed by atoms with Gasteiger partial charge in [0.25, 0.3) is 5.91 Å². The third kappa shape index (κ3) is 6.42. The molecule has 1 aliphatic rings. The van der Waals surface area contributed by atoms with Crippen molar-refractivity contribution in [3.8, 4) is 5.75 Å². The molecule has 3 aromatic rings. The lowest BCUT2D eigenvalue weighted by molar-refractivity contribution is -0.136. The average molecular weight is 571 g/mol. The third-order valence-corrected chi connectivity index (χ3v) is 7.88. The Morgan fingerprint density at radius 2 is 1.74 bits per heavy atom. The molecular weight excluding hydrogens is 544 g/mol. The van der Waals surface area contributed by atoms with Crippen molar-refractivity contribution in [2.24, 2.45) is 0 Å². The average Bonchev–Trinajstić information content (AvgIpc) is 3.48. The second-order valence-electron chi connectivity index (χ2n) is 8.65. The topological polar surface area (TPSA) is 115 Å². The van der Waals surface area contributed by atoms with E-state index in [1.165, 1.54) is 42.4 Å². The molecule has 204 valence electrons. The molecular formula is C28H27ClN2O7S. The summed E-state index contributed by atoms with van der Waals surface area (Å²) in [4.78, 5) is 27.6. The van der Waals surface area contributed by atoms with E-state index in [1.54, 1.807) is 26.2 Å². The van der Waals surface area contributed by atoms with Gasteiger partial charge in [0.1, 0.15) is 17.3 Å². The van der Waals surface area contributed by atoms with E-state index in [0.29, 0.717) is 29.4 Å². The summed E-state index contributed by atoms with van der Waals surface area (Å²) in [5.41, 5.74) is 1.77. The lowest BCUT2D eigenvalue weighted by atomic mass is 10.1. The standard InChI is InChI=1S/C28H27ClN2O7S/c1-18-26(28(33)37-3)25(27(32)31(18)15-14-19-4-8-21(36-2)9-5-19)16-22-10-11-23(38-22)17-30-39(34,35)24-12-6-20(29)7-13-24/h4-13,16,30H,14-15,17H2,1-3H3. The number of carbonyl (C=O) groups is 2. The van der Waals surface area contributed by atoms with Crippen molar-refractivity contribution in [2.75, 3.05) is 20.8 Å². The number of halogens is 1. The first-order chi connectivity index (χ1) is 18.6. The first-order valence-corrected chi connectivity index (χ1v) is 13.8. The third-order valence-electron chi connectivity index (χ3n) is 6.21. The molecule has 1 N–H and O–H groups in total. The quantitative estimate of drug-likeness (QED) is 0.285. The van der Waals surface area contributed by atoms with Gasteiger partial charge < -0.3 is 18.8 Å². The molecule has 0 bridgehead atoms. The second kappa shape index (κ2) is 11.9. The number of nitrogens with zero attached hydrogens (tertiary/aromatic N) is 1. The highest BCUT2D eigenvalue weighted by molar-refractivity contribution is 7.89. The van der Waals surface area contributed by atoms with Crippen molar-refractivity contribution in [2.45, 2.75) is 24.8 Å². The van der Waals surface area contributed by atoms with Gasteiger partial charge in [0.05, 0.1) is 36.8 Å². The van der Waals surface area contributed by atoms with Crippen molar-refractivity contribution in [3.63, 3.8) is 0 Å². The smallest absolute Gasteiger partial charge is 0.340 e. The minimum Gasteiger partial charge on any atom is -0.497 e. The summed E-state index contributed by atoms with van der Waals surface area (Å²) in [6, 6.07) is 16.5. The maximum absolute atomic E-state index is 13.4. The summed E-state index contributed by atoms with van der Waals surface area (Å²) < 4.78 is 43.4. The van der Waals surface area contributed by atoms with Crippen LogP contribution in [0.3, 0.4) is 0 Å². The number of esters is 1. The Morgan fingerprint density at radius 1 is 1.05 bits per heavy atom. The minimum atomic E-state index is -3.79. The zero-order valence-electron chi connectivity index (χ0n) is 21.6. The minimum absolute atomic E-state index is 0.0652. The van der Waals surface area contributed by atoms with Crippen molar-refractivity contribution in [1.82, 2.24) is 9.62 Å². The Balaban J connectivity index is 1.50. The maximum Gasteiger partial charge on any atom is 0.340 e. The highest BCUT2D eigenvalue weighted by Gasteiger charge is 2.37. The Kier molecular flexibility index (Phi) is 8.59. The number of ether oxygens (including phenoxy) is 2. The van der Waals surface area contributed by atoms with Crippen LogP contribution in [0.15, 0.2) is 86.8 Å². The van der Waals surface area contributed by atoms with Crippen LogP contribution in [0.5, 0.6) is 5.75 Å². The second-order valence-corrected chi connectivity index (χ2v) is 10.9. The highest BCUT2D eigenvalue weighted by atomic mass is 35.5. The van der Waals surface area contributed by atoms with Gasteiger partial charge in [0, 0.05) is 17.3 Å². The summed E-state index contributed by atoms with van der Waals surface area (Å²) in [7, 11) is -0.943. The molecule has 11 heteroatoms. The van der Waals surface area contributed by atoms with Crippen LogP contribution in [-0.4, -0.2) is 46.0 Å². The normalized spacial score (nSPS) is 14.8. The molecule has 4 rings (SSSR count). The number of benzene rings is 2. The summed E-state index contributed by atoms with van der Waals surface area (Å²) in [5, 5.41) is 0.425. The van der Waals surface area contributed by atoms with Crippen LogP contribution in [0.4, 0.5) is 0 Å². The van der Waals surface area contributed by atoms with E-state index in [1.807, 2.05) is 24.3 Å². The van der Waals surface area contributed by atoms with Gasteiger partial charge in [-0.3, -0.25) is 4.79 Å². The first kappa shape index (κ1) is 28.2. The van der Waals surface area contributed by atoms with E-state index in [2.05, 4.69) is 4.72 Å². The van der Waals surface area contributed by atoms with Crippen LogP contribution >= 0.6 is 11.6 Å². The molecule has 0 aliphatic carbocycles. The van der Waals surface area contributed by atoms with E-state index in [9.17, 15) is 18.0 Å². The number of sulfonamides is 1. The van der Waals surface area contributed by atoms with Crippen molar-refractivity contribution < 1.29 is 31.9 Å². The first-order valence-electron chi connectivity index (χ1n) is 11.9. The summed E-state index contributed by atoms with van der Waals surface area (Å²) in [6.45, 7) is 1.93. The van der Waals surface area contributed by atoms with Crippen LogP contribution in [0.25, 0.3) is 6.08 Å². The van der Waals surface area contributed by atoms with Gasteiger partial charge in [-0.2, -0.15) is 0 Å². The summed E-state index contributed by atoms with van der Waals surface area (Å²) in [5.74, 6) is 0.344. The van der Waals surface area contributed by atoms with Gasteiger partial charge in [-0.25, -0.2) is 17.9 Å². The number of allylic oxidation sites excluding steroid dienone is 1. The lowest BCUT2D eigenvalue weighted by Gasteiger charge is -2.17. The number of hydrogen-bond acceptors (Lipinski definition) is 7. The molecule has 0 fully saturated rings. The Morgan fingerprint density at radius 3 is 2.38 bits per heavy atom. The molecule has 0 spiro atoms. The number of hydrogen-bond donors (Lipinski definition) is 1. The molecule has 2 heterocycles. The Bertz CT molecular complexity index is 1540. The Labute approximate surface area is 231 Å². The SMILES string of the molecule is COC(=O)C1=C(C)N(CCc2ccc(OC)cc2)C(=O)C1=Cc1ccc(CNS(=O)(=O)c2ccc(Cl)cc2)o1.